The Labute approximate surface area is 158 Å². The molecular weight excluding hydrogens is 369 g/mol. The van der Waals surface area contributed by atoms with E-state index in [0.29, 0.717) is 22.9 Å². The van der Waals surface area contributed by atoms with Crippen molar-refractivity contribution in [3.63, 3.8) is 0 Å². The summed E-state index contributed by atoms with van der Waals surface area (Å²) in [5.74, 6) is -0.416. The Morgan fingerprint density at radius 1 is 1.54 bits per heavy atom. The standard InChI is InChI=1S/C18H18FN5O4/c1-9(12-4-10(19)5-14-16(12)27-8-11(6-20)28-14)22-15-2-3-24-17(23-15)13(7-21-24)18(25)26/h2-5,7,9,11H,6,8,20H2,1H3,(H,22,23)(H,25,26). The molecule has 0 radical (unpaired) electrons. The van der Waals surface area contributed by atoms with Crippen LogP contribution in [0, 0.1) is 5.82 Å². The number of nitrogens with one attached hydrogen (secondary N) is 1. The Kier molecular flexibility index (Phi) is 4.47. The van der Waals surface area contributed by atoms with Crippen molar-refractivity contribution in [1.29, 1.82) is 0 Å². The van der Waals surface area contributed by atoms with Gasteiger partial charge in [0, 0.05) is 24.4 Å². The van der Waals surface area contributed by atoms with Crippen molar-refractivity contribution in [2.45, 2.75) is 19.1 Å². The molecule has 0 amide bonds. The minimum Gasteiger partial charge on any atom is -0.485 e. The van der Waals surface area contributed by atoms with Gasteiger partial charge in [0.15, 0.2) is 17.1 Å². The molecule has 3 heterocycles. The number of anilines is 1. The fourth-order valence-corrected chi connectivity index (χ4v) is 3.06. The molecule has 1 aliphatic rings. The number of aromatic nitrogens is 3. The van der Waals surface area contributed by atoms with Gasteiger partial charge in [-0.25, -0.2) is 18.7 Å². The van der Waals surface area contributed by atoms with E-state index >= 15 is 0 Å². The van der Waals surface area contributed by atoms with E-state index in [1.165, 1.54) is 22.8 Å². The van der Waals surface area contributed by atoms with Gasteiger partial charge in [0.2, 0.25) is 0 Å². The van der Waals surface area contributed by atoms with Gasteiger partial charge in [-0.1, -0.05) is 0 Å². The second-order valence-electron chi connectivity index (χ2n) is 6.42. The summed E-state index contributed by atoms with van der Waals surface area (Å²) in [5, 5.41) is 16.3. The molecule has 1 aromatic carbocycles. The predicted molar refractivity (Wildman–Crippen MR) is 97.3 cm³/mol. The molecule has 4 rings (SSSR count). The first-order valence-electron chi connectivity index (χ1n) is 8.63. The van der Waals surface area contributed by atoms with E-state index in [0.717, 1.165) is 0 Å². The van der Waals surface area contributed by atoms with Gasteiger partial charge < -0.3 is 25.6 Å². The van der Waals surface area contributed by atoms with Crippen molar-refractivity contribution in [2.75, 3.05) is 18.5 Å². The Morgan fingerprint density at radius 2 is 2.36 bits per heavy atom. The van der Waals surface area contributed by atoms with E-state index in [9.17, 15) is 14.3 Å². The fourth-order valence-electron chi connectivity index (χ4n) is 3.06. The molecule has 10 heteroatoms. The first-order valence-corrected chi connectivity index (χ1v) is 8.63. The van der Waals surface area contributed by atoms with Crippen LogP contribution in [0.3, 0.4) is 0 Å². The van der Waals surface area contributed by atoms with Crippen LogP contribution in [0.15, 0.2) is 30.6 Å². The smallest absolute Gasteiger partial charge is 0.341 e. The summed E-state index contributed by atoms with van der Waals surface area (Å²) in [6.45, 7) is 2.35. The van der Waals surface area contributed by atoms with Crippen LogP contribution in [-0.2, 0) is 0 Å². The van der Waals surface area contributed by atoms with Crippen LogP contribution >= 0.6 is 0 Å². The summed E-state index contributed by atoms with van der Waals surface area (Å²) in [4.78, 5) is 15.6. The summed E-state index contributed by atoms with van der Waals surface area (Å²) in [7, 11) is 0. The van der Waals surface area contributed by atoms with Gasteiger partial charge in [0.05, 0.1) is 12.2 Å². The number of nitrogens with zero attached hydrogens (tertiary/aromatic N) is 3. The number of rotatable bonds is 5. The average molecular weight is 387 g/mol. The van der Waals surface area contributed by atoms with Crippen LogP contribution in [0.5, 0.6) is 11.5 Å². The van der Waals surface area contributed by atoms with Gasteiger partial charge in [0.25, 0.3) is 0 Å². The third-order valence-corrected chi connectivity index (χ3v) is 4.45. The molecule has 146 valence electrons. The highest BCUT2D eigenvalue weighted by atomic mass is 19.1. The number of halogens is 1. The Morgan fingerprint density at radius 3 is 3.11 bits per heavy atom. The lowest BCUT2D eigenvalue weighted by Crippen LogP contribution is -2.36. The number of carboxylic acid groups (broad SMARTS) is 1. The lowest BCUT2D eigenvalue weighted by atomic mass is 10.1. The van der Waals surface area contributed by atoms with Crippen molar-refractivity contribution < 1.29 is 23.8 Å². The molecule has 9 nitrogen and oxygen atoms in total. The molecule has 2 unspecified atom stereocenters. The number of benzene rings is 1. The first-order chi connectivity index (χ1) is 13.5. The lowest BCUT2D eigenvalue weighted by molar-refractivity contribution is 0.0698. The molecule has 0 spiro atoms. The van der Waals surface area contributed by atoms with Crippen LogP contribution in [-0.4, -0.2) is 44.9 Å². The van der Waals surface area contributed by atoms with Gasteiger partial charge in [-0.15, -0.1) is 0 Å². The third-order valence-electron chi connectivity index (χ3n) is 4.45. The Hall–Kier alpha value is -3.40. The highest BCUT2D eigenvalue weighted by molar-refractivity contribution is 5.94. The van der Waals surface area contributed by atoms with Gasteiger partial charge in [-0.2, -0.15) is 5.10 Å². The highest BCUT2D eigenvalue weighted by Gasteiger charge is 2.26. The number of nitrogens with two attached hydrogens (primary N) is 1. The zero-order valence-electron chi connectivity index (χ0n) is 14.9. The molecule has 4 N–H and O–H groups in total. The van der Waals surface area contributed by atoms with E-state index < -0.39 is 17.8 Å². The number of carboxylic acids is 1. The highest BCUT2D eigenvalue weighted by Crippen LogP contribution is 2.39. The summed E-state index contributed by atoms with van der Waals surface area (Å²) in [6.07, 6.45) is 2.50. The lowest BCUT2D eigenvalue weighted by Gasteiger charge is -2.29. The third kappa shape index (κ3) is 3.18. The predicted octanol–water partition coefficient (Wildman–Crippen LogP) is 1.84. The average Bonchev–Trinajstić information content (AvgIpc) is 3.10. The zero-order chi connectivity index (χ0) is 19.8. The van der Waals surface area contributed by atoms with Gasteiger partial charge in [0.1, 0.15) is 29.9 Å². The molecule has 2 aromatic heterocycles. The number of aromatic carboxylic acids is 1. The van der Waals surface area contributed by atoms with E-state index in [1.807, 2.05) is 6.92 Å². The monoisotopic (exact) mass is 387 g/mol. The maximum absolute atomic E-state index is 14.1. The van der Waals surface area contributed by atoms with Gasteiger partial charge >= 0.3 is 5.97 Å². The van der Waals surface area contributed by atoms with Crippen LogP contribution in [0.2, 0.25) is 0 Å². The summed E-state index contributed by atoms with van der Waals surface area (Å²) < 4.78 is 26.9. The maximum Gasteiger partial charge on any atom is 0.341 e. The molecule has 2 atom stereocenters. The van der Waals surface area contributed by atoms with Crippen molar-refractivity contribution in [3.05, 3.63) is 47.5 Å². The van der Waals surface area contributed by atoms with Gasteiger partial charge in [-0.3, -0.25) is 0 Å². The van der Waals surface area contributed by atoms with E-state index in [2.05, 4.69) is 15.4 Å². The number of fused-ring (bicyclic) bond motifs is 2. The summed E-state index contributed by atoms with van der Waals surface area (Å²) in [5.41, 5.74) is 6.35. The van der Waals surface area contributed by atoms with Crippen molar-refractivity contribution >= 4 is 17.4 Å². The summed E-state index contributed by atoms with van der Waals surface area (Å²) >= 11 is 0. The Balaban J connectivity index is 1.65. The quantitative estimate of drug-likeness (QED) is 0.606. The molecule has 1 aliphatic heterocycles. The van der Waals surface area contributed by atoms with Crippen molar-refractivity contribution in [2.24, 2.45) is 5.73 Å². The van der Waals surface area contributed by atoms with Crippen LogP contribution in [0.4, 0.5) is 10.2 Å². The molecule has 0 saturated carbocycles. The topological polar surface area (TPSA) is 124 Å². The second kappa shape index (κ2) is 6.97. The largest absolute Gasteiger partial charge is 0.485 e. The first kappa shape index (κ1) is 18.0. The van der Waals surface area contributed by atoms with Crippen LogP contribution in [0.1, 0.15) is 28.9 Å². The Bertz CT molecular complexity index is 1050. The van der Waals surface area contributed by atoms with Crippen LogP contribution < -0.4 is 20.5 Å². The number of carbonyl (C=O) groups is 1. The van der Waals surface area contributed by atoms with E-state index in [4.69, 9.17) is 15.2 Å². The number of ether oxygens (including phenoxy) is 2. The van der Waals surface area contributed by atoms with E-state index in [1.54, 1.807) is 12.3 Å². The molecule has 0 bridgehead atoms. The van der Waals surface area contributed by atoms with E-state index in [-0.39, 0.29) is 30.5 Å². The molecule has 0 saturated heterocycles. The summed E-state index contributed by atoms with van der Waals surface area (Å²) in [6, 6.07) is 3.88. The second-order valence-corrected chi connectivity index (χ2v) is 6.42. The fraction of sp³-hybridized carbons (Fsp3) is 0.278. The molecule has 28 heavy (non-hydrogen) atoms. The van der Waals surface area contributed by atoms with Crippen LogP contribution in [0.25, 0.3) is 5.65 Å². The minimum atomic E-state index is -1.12. The molecule has 0 aliphatic carbocycles. The van der Waals surface area contributed by atoms with Gasteiger partial charge in [-0.05, 0) is 19.1 Å². The number of hydrogen-bond acceptors (Lipinski definition) is 7. The molecule has 0 fully saturated rings. The zero-order valence-corrected chi connectivity index (χ0v) is 14.9. The molecule has 3 aromatic rings. The maximum atomic E-state index is 14.1. The normalized spacial score (nSPS) is 16.8. The number of hydrogen-bond donors (Lipinski definition) is 3. The van der Waals surface area contributed by atoms with Crippen molar-refractivity contribution in [3.8, 4) is 11.5 Å². The SMILES string of the molecule is CC(Nc1ccn2ncc(C(=O)O)c2n1)c1cc(F)cc2c1OCC(CN)O2. The minimum absolute atomic E-state index is 0.0102. The molecular formula is C18H18FN5O4. The van der Waals surface area contributed by atoms with Crippen molar-refractivity contribution in [1.82, 2.24) is 14.6 Å².